The smallest absolute Gasteiger partial charge is 0.320 e. The molecule has 0 spiro atoms. The summed E-state index contributed by atoms with van der Waals surface area (Å²) in [7, 11) is 0. The highest BCUT2D eigenvalue weighted by atomic mass is 19.3. The number of piperidine rings is 3. The fourth-order valence-electron chi connectivity index (χ4n) is 7.00. The van der Waals surface area contributed by atoms with Gasteiger partial charge in [-0.05, 0) is 83.1 Å². The van der Waals surface area contributed by atoms with E-state index in [1.807, 2.05) is 11.0 Å². The number of rotatable bonds is 7. The van der Waals surface area contributed by atoms with Gasteiger partial charge in [0.15, 0.2) is 0 Å². The van der Waals surface area contributed by atoms with E-state index in [0.29, 0.717) is 19.0 Å². The van der Waals surface area contributed by atoms with E-state index >= 15 is 0 Å². The highest BCUT2D eigenvalue weighted by Crippen LogP contribution is 2.37. The van der Waals surface area contributed by atoms with E-state index in [-0.39, 0.29) is 30.2 Å². The summed E-state index contributed by atoms with van der Waals surface area (Å²) in [5, 5.41) is 3.49. The number of likely N-dealkylation sites (tertiary alicyclic amines) is 2. The van der Waals surface area contributed by atoms with Crippen LogP contribution < -0.4 is 5.32 Å². The predicted octanol–water partition coefficient (Wildman–Crippen LogP) is 4.05. The Balaban J connectivity index is 1.24. The molecule has 1 atom stereocenters. The minimum absolute atomic E-state index is 0.0867. The van der Waals surface area contributed by atoms with Crippen LogP contribution in [-0.2, 0) is 0 Å². The van der Waals surface area contributed by atoms with E-state index in [1.54, 1.807) is 0 Å². The molecule has 4 fully saturated rings. The number of urea groups is 1. The molecule has 6 nitrogen and oxygen atoms in total. The van der Waals surface area contributed by atoms with E-state index in [4.69, 9.17) is 0 Å². The second-order valence-corrected chi connectivity index (χ2v) is 11.6. The first kappa shape index (κ1) is 25.9. The number of carbonyl (C=O) groups excluding carboxylic acids is 1. The van der Waals surface area contributed by atoms with Crippen molar-refractivity contribution in [3.8, 4) is 0 Å². The first-order valence-corrected chi connectivity index (χ1v) is 14.0. The largest absolute Gasteiger partial charge is 0.322 e. The molecule has 1 aromatic rings. The van der Waals surface area contributed by atoms with Gasteiger partial charge in [-0.3, -0.25) is 9.80 Å². The standard InChI is InChI=1S/C28H43F2N5O/c1-28(11-13-31-14-12-28)34-17-9-24(10-18-34)35-25(23-5-3-2-4-6-23)20-33(27(35)36)19-22-7-15-32(16-8-22)21-26(29)30/h2-6,22,24-26,31H,7-21H2,1H3/t25-/m0/s1. The Kier molecular flexibility index (Phi) is 8.13. The van der Waals surface area contributed by atoms with Gasteiger partial charge in [0, 0.05) is 37.8 Å². The number of hydrogen-bond acceptors (Lipinski definition) is 4. The lowest BCUT2D eigenvalue weighted by molar-refractivity contribution is 0.0264. The first-order chi connectivity index (χ1) is 17.4. The third kappa shape index (κ3) is 5.70. The summed E-state index contributed by atoms with van der Waals surface area (Å²) in [6.45, 7) is 9.44. The van der Waals surface area contributed by atoms with Gasteiger partial charge in [-0.1, -0.05) is 30.3 Å². The van der Waals surface area contributed by atoms with Gasteiger partial charge >= 0.3 is 6.03 Å². The molecule has 0 radical (unpaired) electrons. The quantitative estimate of drug-likeness (QED) is 0.610. The molecule has 0 aliphatic carbocycles. The minimum Gasteiger partial charge on any atom is -0.322 e. The SMILES string of the molecule is CC1(N2CCC(N3C(=O)N(CC4CCN(CC(F)F)CC4)C[C@H]3c3ccccc3)CC2)CCNCC1. The van der Waals surface area contributed by atoms with Crippen LogP contribution in [0.1, 0.15) is 57.1 Å². The predicted molar refractivity (Wildman–Crippen MR) is 138 cm³/mol. The van der Waals surface area contributed by atoms with Gasteiger partial charge in [0.2, 0.25) is 0 Å². The number of amides is 2. The van der Waals surface area contributed by atoms with Crippen LogP contribution in [0.4, 0.5) is 13.6 Å². The zero-order valence-electron chi connectivity index (χ0n) is 21.8. The number of benzene rings is 1. The van der Waals surface area contributed by atoms with Crippen molar-refractivity contribution in [3.63, 3.8) is 0 Å². The lowest BCUT2D eigenvalue weighted by Gasteiger charge is -2.48. The zero-order chi connectivity index (χ0) is 25.1. The number of alkyl halides is 2. The lowest BCUT2D eigenvalue weighted by Crippen LogP contribution is -2.57. The summed E-state index contributed by atoms with van der Waals surface area (Å²) in [6.07, 6.45) is 3.94. The van der Waals surface area contributed by atoms with Crippen molar-refractivity contribution in [2.24, 2.45) is 5.92 Å². The maximum Gasteiger partial charge on any atom is 0.320 e. The number of nitrogens with zero attached hydrogens (tertiary/aromatic N) is 4. The molecule has 200 valence electrons. The Labute approximate surface area is 215 Å². The molecule has 0 bridgehead atoms. The highest BCUT2D eigenvalue weighted by molar-refractivity contribution is 5.78. The molecule has 4 heterocycles. The van der Waals surface area contributed by atoms with Crippen LogP contribution in [0, 0.1) is 5.92 Å². The zero-order valence-corrected chi connectivity index (χ0v) is 21.8. The van der Waals surface area contributed by atoms with E-state index < -0.39 is 6.43 Å². The second kappa shape index (κ2) is 11.3. The molecule has 4 saturated heterocycles. The van der Waals surface area contributed by atoms with E-state index in [0.717, 1.165) is 65.0 Å². The van der Waals surface area contributed by atoms with Gasteiger partial charge in [-0.2, -0.15) is 0 Å². The molecular formula is C28H43F2N5O. The van der Waals surface area contributed by atoms with Gasteiger partial charge in [-0.25, -0.2) is 13.6 Å². The molecule has 0 saturated carbocycles. The molecule has 0 unspecified atom stereocenters. The Bertz CT molecular complexity index is 849. The van der Waals surface area contributed by atoms with Crippen LogP contribution in [0.3, 0.4) is 0 Å². The van der Waals surface area contributed by atoms with Crippen molar-refractivity contribution in [1.82, 2.24) is 24.9 Å². The van der Waals surface area contributed by atoms with Gasteiger partial charge in [0.05, 0.1) is 12.6 Å². The van der Waals surface area contributed by atoms with Crippen molar-refractivity contribution in [1.29, 1.82) is 0 Å². The summed E-state index contributed by atoms with van der Waals surface area (Å²) in [5.41, 5.74) is 1.49. The Morgan fingerprint density at radius 3 is 2.31 bits per heavy atom. The normalized spacial score (nSPS) is 27.3. The second-order valence-electron chi connectivity index (χ2n) is 11.6. The third-order valence-electron chi connectivity index (χ3n) is 9.29. The molecule has 2 amide bonds. The fourth-order valence-corrected chi connectivity index (χ4v) is 7.00. The van der Waals surface area contributed by atoms with E-state index in [9.17, 15) is 13.6 Å². The topological polar surface area (TPSA) is 42.1 Å². The molecule has 1 aromatic carbocycles. The van der Waals surface area contributed by atoms with E-state index in [1.165, 1.54) is 18.4 Å². The van der Waals surface area contributed by atoms with Crippen LogP contribution in [0.15, 0.2) is 30.3 Å². The number of halogens is 2. The third-order valence-corrected chi connectivity index (χ3v) is 9.29. The molecule has 4 aliphatic rings. The van der Waals surface area contributed by atoms with Crippen molar-refractivity contribution < 1.29 is 13.6 Å². The van der Waals surface area contributed by atoms with Crippen molar-refractivity contribution in [3.05, 3.63) is 35.9 Å². The van der Waals surface area contributed by atoms with Gasteiger partial charge in [0.1, 0.15) is 0 Å². The maximum absolute atomic E-state index is 13.8. The Morgan fingerprint density at radius 2 is 1.67 bits per heavy atom. The molecular weight excluding hydrogens is 460 g/mol. The number of carbonyl (C=O) groups is 1. The average molecular weight is 504 g/mol. The van der Waals surface area contributed by atoms with Crippen molar-refractivity contribution in [2.45, 2.75) is 69.5 Å². The first-order valence-electron chi connectivity index (χ1n) is 14.0. The Hall–Kier alpha value is -1.77. The minimum atomic E-state index is -2.27. The lowest BCUT2D eigenvalue weighted by atomic mass is 9.86. The van der Waals surface area contributed by atoms with E-state index in [2.05, 4.69) is 51.2 Å². The van der Waals surface area contributed by atoms with Crippen molar-refractivity contribution >= 4 is 6.03 Å². The highest BCUT2D eigenvalue weighted by Gasteiger charge is 2.45. The summed E-state index contributed by atoms with van der Waals surface area (Å²) in [5.74, 6) is 0.390. The summed E-state index contributed by atoms with van der Waals surface area (Å²) >= 11 is 0. The van der Waals surface area contributed by atoms with Crippen LogP contribution in [0.2, 0.25) is 0 Å². The number of nitrogens with one attached hydrogen (secondary N) is 1. The van der Waals surface area contributed by atoms with Gasteiger partial charge in [0.25, 0.3) is 6.43 Å². The number of hydrogen-bond donors (Lipinski definition) is 1. The van der Waals surface area contributed by atoms with Crippen molar-refractivity contribution in [2.75, 3.05) is 58.9 Å². The van der Waals surface area contributed by atoms with Gasteiger partial charge < -0.3 is 15.1 Å². The van der Waals surface area contributed by atoms with Crippen LogP contribution in [0.5, 0.6) is 0 Å². The average Bonchev–Trinajstić information content (AvgIpc) is 3.21. The van der Waals surface area contributed by atoms with Crippen LogP contribution in [0.25, 0.3) is 0 Å². The molecule has 1 N–H and O–H groups in total. The Morgan fingerprint density at radius 1 is 1.00 bits per heavy atom. The molecule has 0 aromatic heterocycles. The monoisotopic (exact) mass is 503 g/mol. The fraction of sp³-hybridized carbons (Fsp3) is 0.750. The molecule has 8 heteroatoms. The van der Waals surface area contributed by atoms with Crippen LogP contribution >= 0.6 is 0 Å². The molecule has 36 heavy (non-hydrogen) atoms. The summed E-state index contributed by atoms with van der Waals surface area (Å²) in [6, 6.07) is 11.0. The maximum atomic E-state index is 13.8. The summed E-state index contributed by atoms with van der Waals surface area (Å²) < 4.78 is 25.5. The molecule has 4 aliphatic heterocycles. The summed E-state index contributed by atoms with van der Waals surface area (Å²) in [4.78, 5) is 22.6. The van der Waals surface area contributed by atoms with Crippen LogP contribution in [-0.4, -0.2) is 103 Å². The molecule has 5 rings (SSSR count). The van der Waals surface area contributed by atoms with Gasteiger partial charge in [-0.15, -0.1) is 0 Å².